The minimum atomic E-state index is -3.11. The lowest BCUT2D eigenvalue weighted by Crippen LogP contribution is -2.52. The van der Waals surface area contributed by atoms with Gasteiger partial charge < -0.3 is 9.80 Å². The number of urea groups is 1. The third kappa shape index (κ3) is 3.07. The third-order valence-electron chi connectivity index (χ3n) is 2.36. The highest BCUT2D eigenvalue weighted by Gasteiger charge is 2.26. The maximum atomic E-state index is 11.5. The van der Waals surface area contributed by atoms with Crippen molar-refractivity contribution in [3.63, 3.8) is 0 Å². The number of carbonyl (C=O) groups excluding carboxylic acids is 1. The average molecular weight is 235 g/mol. The molecule has 88 valence electrons. The van der Waals surface area contributed by atoms with E-state index < -0.39 is 10.0 Å². The summed E-state index contributed by atoms with van der Waals surface area (Å²) in [7, 11) is 0.258. The van der Waals surface area contributed by atoms with Gasteiger partial charge in [-0.3, -0.25) is 0 Å². The van der Waals surface area contributed by atoms with Crippen LogP contribution in [0.4, 0.5) is 4.79 Å². The summed E-state index contributed by atoms with van der Waals surface area (Å²) in [4.78, 5) is 14.7. The van der Waals surface area contributed by atoms with Crippen molar-refractivity contribution in [2.24, 2.45) is 0 Å². The van der Waals surface area contributed by atoms with E-state index in [1.807, 2.05) is 0 Å². The number of sulfonamides is 1. The van der Waals surface area contributed by atoms with Crippen LogP contribution in [-0.4, -0.2) is 75.1 Å². The summed E-state index contributed by atoms with van der Waals surface area (Å²) in [5.41, 5.74) is 0. The van der Waals surface area contributed by atoms with Crippen molar-refractivity contribution >= 4 is 16.1 Å². The smallest absolute Gasteiger partial charge is 0.319 e. The quantitative estimate of drug-likeness (QED) is 0.600. The van der Waals surface area contributed by atoms with E-state index in [1.54, 1.807) is 19.0 Å². The van der Waals surface area contributed by atoms with Crippen molar-refractivity contribution < 1.29 is 13.2 Å². The van der Waals surface area contributed by atoms with Crippen LogP contribution in [0.25, 0.3) is 0 Å². The minimum Gasteiger partial charge on any atom is -0.331 e. The van der Waals surface area contributed by atoms with Gasteiger partial charge in [0.2, 0.25) is 10.0 Å². The van der Waals surface area contributed by atoms with Crippen molar-refractivity contribution in [1.29, 1.82) is 0 Å². The van der Waals surface area contributed by atoms with Gasteiger partial charge in [0.25, 0.3) is 0 Å². The molecule has 0 N–H and O–H groups in total. The number of amides is 2. The highest BCUT2D eigenvalue weighted by molar-refractivity contribution is 7.88. The van der Waals surface area contributed by atoms with Crippen molar-refractivity contribution in [2.75, 3.05) is 46.5 Å². The molecule has 1 rings (SSSR count). The number of nitrogens with zero attached hydrogens (tertiary/aromatic N) is 3. The molecule has 6 nitrogen and oxygen atoms in total. The van der Waals surface area contributed by atoms with Crippen molar-refractivity contribution in [2.45, 2.75) is 0 Å². The topological polar surface area (TPSA) is 60.9 Å². The Morgan fingerprint density at radius 2 is 1.60 bits per heavy atom. The molecular formula is C8H17N3O3S. The standard InChI is InChI=1S/C8H17N3O3S/c1-9(2)8(12)10-4-6-11(7-5-10)15(3,13)14/h4-7H2,1-3H3. The fourth-order valence-corrected chi connectivity index (χ4v) is 2.32. The van der Waals surface area contributed by atoms with Crippen LogP contribution in [0.3, 0.4) is 0 Å². The van der Waals surface area contributed by atoms with E-state index in [2.05, 4.69) is 0 Å². The van der Waals surface area contributed by atoms with E-state index in [0.29, 0.717) is 26.2 Å². The van der Waals surface area contributed by atoms with Gasteiger partial charge in [-0.1, -0.05) is 0 Å². The molecule has 0 aromatic carbocycles. The Labute approximate surface area is 90.5 Å². The molecule has 1 saturated heterocycles. The maximum absolute atomic E-state index is 11.5. The van der Waals surface area contributed by atoms with Crippen molar-refractivity contribution in [3.05, 3.63) is 0 Å². The molecule has 1 aliphatic rings. The van der Waals surface area contributed by atoms with Crippen LogP contribution in [0.15, 0.2) is 0 Å². The number of hydrogen-bond donors (Lipinski definition) is 0. The van der Waals surface area contributed by atoms with Crippen LogP contribution in [0.2, 0.25) is 0 Å². The highest BCUT2D eigenvalue weighted by Crippen LogP contribution is 2.07. The molecule has 0 unspecified atom stereocenters. The molecule has 0 spiro atoms. The number of carbonyl (C=O) groups is 1. The van der Waals surface area contributed by atoms with E-state index in [0.717, 1.165) is 0 Å². The van der Waals surface area contributed by atoms with Gasteiger partial charge in [0.05, 0.1) is 6.26 Å². The molecule has 0 aromatic heterocycles. The van der Waals surface area contributed by atoms with E-state index in [4.69, 9.17) is 0 Å². The monoisotopic (exact) mass is 235 g/mol. The Balaban J connectivity index is 2.53. The molecule has 1 heterocycles. The molecule has 0 atom stereocenters. The first-order valence-electron chi connectivity index (χ1n) is 4.73. The fourth-order valence-electron chi connectivity index (χ4n) is 1.49. The Morgan fingerprint density at radius 3 is 1.93 bits per heavy atom. The fraction of sp³-hybridized carbons (Fsp3) is 0.875. The van der Waals surface area contributed by atoms with Crippen LogP contribution >= 0.6 is 0 Å². The predicted molar refractivity (Wildman–Crippen MR) is 57.1 cm³/mol. The Morgan fingerprint density at radius 1 is 1.13 bits per heavy atom. The van der Waals surface area contributed by atoms with Crippen LogP contribution in [0, 0.1) is 0 Å². The number of piperazine rings is 1. The second kappa shape index (κ2) is 4.36. The van der Waals surface area contributed by atoms with Gasteiger partial charge in [0, 0.05) is 40.3 Å². The summed E-state index contributed by atoms with van der Waals surface area (Å²) in [5, 5.41) is 0. The van der Waals surface area contributed by atoms with E-state index in [9.17, 15) is 13.2 Å². The first kappa shape index (κ1) is 12.3. The molecule has 0 aliphatic carbocycles. The van der Waals surface area contributed by atoms with E-state index in [-0.39, 0.29) is 6.03 Å². The SMILES string of the molecule is CN(C)C(=O)N1CCN(S(C)(=O)=O)CC1. The van der Waals surface area contributed by atoms with Crippen LogP contribution in [0.5, 0.6) is 0 Å². The second-order valence-corrected chi connectivity index (χ2v) is 5.81. The second-order valence-electron chi connectivity index (χ2n) is 3.83. The molecule has 15 heavy (non-hydrogen) atoms. The van der Waals surface area contributed by atoms with E-state index >= 15 is 0 Å². The summed E-state index contributed by atoms with van der Waals surface area (Å²) < 4.78 is 23.8. The summed E-state index contributed by atoms with van der Waals surface area (Å²) in [6.07, 6.45) is 1.19. The van der Waals surface area contributed by atoms with Crippen LogP contribution in [-0.2, 0) is 10.0 Å². The summed E-state index contributed by atoms with van der Waals surface area (Å²) in [6.45, 7) is 1.70. The normalized spacial score (nSPS) is 19.0. The van der Waals surface area contributed by atoms with Gasteiger partial charge >= 0.3 is 6.03 Å². The molecule has 2 amide bonds. The lowest BCUT2D eigenvalue weighted by molar-refractivity contribution is 0.149. The average Bonchev–Trinajstić information content (AvgIpc) is 2.15. The van der Waals surface area contributed by atoms with Gasteiger partial charge in [-0.05, 0) is 0 Å². The Kier molecular flexibility index (Phi) is 3.56. The third-order valence-corrected chi connectivity index (χ3v) is 3.66. The van der Waals surface area contributed by atoms with Gasteiger partial charge in [-0.25, -0.2) is 13.2 Å². The first-order chi connectivity index (χ1) is 6.82. The van der Waals surface area contributed by atoms with Gasteiger partial charge in [0.1, 0.15) is 0 Å². The van der Waals surface area contributed by atoms with E-state index in [1.165, 1.54) is 15.5 Å². The van der Waals surface area contributed by atoms with Crippen molar-refractivity contribution in [3.8, 4) is 0 Å². The zero-order chi connectivity index (χ0) is 11.6. The molecule has 0 bridgehead atoms. The largest absolute Gasteiger partial charge is 0.331 e. The van der Waals surface area contributed by atoms with Gasteiger partial charge in [0.15, 0.2) is 0 Å². The lowest BCUT2D eigenvalue weighted by atomic mass is 10.4. The van der Waals surface area contributed by atoms with Gasteiger partial charge in [-0.2, -0.15) is 4.31 Å². The molecular weight excluding hydrogens is 218 g/mol. The van der Waals surface area contributed by atoms with Crippen LogP contribution < -0.4 is 0 Å². The Hall–Kier alpha value is -0.820. The first-order valence-corrected chi connectivity index (χ1v) is 6.58. The minimum absolute atomic E-state index is 0.0665. The van der Waals surface area contributed by atoms with Gasteiger partial charge in [-0.15, -0.1) is 0 Å². The molecule has 1 fully saturated rings. The molecule has 0 radical (unpaired) electrons. The zero-order valence-electron chi connectivity index (χ0n) is 9.30. The summed E-state index contributed by atoms with van der Waals surface area (Å²) >= 11 is 0. The molecule has 7 heteroatoms. The number of hydrogen-bond acceptors (Lipinski definition) is 3. The summed E-state index contributed by atoms with van der Waals surface area (Å²) in [6, 6.07) is -0.0665. The Bertz CT molecular complexity index is 331. The summed E-state index contributed by atoms with van der Waals surface area (Å²) in [5.74, 6) is 0. The predicted octanol–water partition coefficient (Wildman–Crippen LogP) is -0.755. The lowest BCUT2D eigenvalue weighted by Gasteiger charge is -2.34. The molecule has 1 aliphatic heterocycles. The number of rotatable bonds is 1. The van der Waals surface area contributed by atoms with Crippen molar-refractivity contribution in [1.82, 2.24) is 14.1 Å². The maximum Gasteiger partial charge on any atom is 0.319 e. The molecule has 0 aromatic rings. The van der Waals surface area contributed by atoms with Crippen LogP contribution in [0.1, 0.15) is 0 Å². The molecule has 0 saturated carbocycles. The zero-order valence-corrected chi connectivity index (χ0v) is 10.1. The highest BCUT2D eigenvalue weighted by atomic mass is 32.2.